The number of ketones is 1. The highest BCUT2D eigenvalue weighted by atomic mass is 16.5. The van der Waals surface area contributed by atoms with Crippen LogP contribution in [0.15, 0.2) is 77.8 Å². The average molecular weight is 583 g/mol. The van der Waals surface area contributed by atoms with Crippen molar-refractivity contribution in [2.24, 2.45) is 10.9 Å². The summed E-state index contributed by atoms with van der Waals surface area (Å²) in [6.07, 6.45) is 6.42. The fourth-order valence-electron chi connectivity index (χ4n) is 6.52. The molecule has 0 amide bonds. The van der Waals surface area contributed by atoms with Crippen molar-refractivity contribution in [2.45, 2.75) is 56.8 Å². The number of Topliss-reactive ketones (excluding diaryl/α,β-unsaturated/α-hetero) is 1. The van der Waals surface area contributed by atoms with Gasteiger partial charge in [-0.3, -0.25) is 9.79 Å². The lowest BCUT2D eigenvalue weighted by atomic mass is 9.87. The predicted molar refractivity (Wildman–Crippen MR) is 169 cm³/mol. The Bertz CT molecular complexity index is 1380. The topological polar surface area (TPSA) is 69.6 Å². The predicted octanol–water partition coefficient (Wildman–Crippen LogP) is 6.50. The maximum Gasteiger partial charge on any atom is 0.166 e. The zero-order chi connectivity index (χ0) is 29.4. The van der Waals surface area contributed by atoms with E-state index in [4.69, 9.17) is 18.9 Å². The maximum absolute atomic E-state index is 13.3. The lowest BCUT2D eigenvalue weighted by Crippen LogP contribution is -2.34. The van der Waals surface area contributed by atoms with Crippen LogP contribution >= 0.6 is 0 Å². The molecule has 2 unspecified atom stereocenters. The number of fused-ring (bicyclic) bond motifs is 1. The summed E-state index contributed by atoms with van der Waals surface area (Å²) >= 11 is 0. The van der Waals surface area contributed by atoms with Crippen molar-refractivity contribution < 1.29 is 23.7 Å². The van der Waals surface area contributed by atoms with Gasteiger partial charge in [0.1, 0.15) is 18.1 Å². The van der Waals surface area contributed by atoms with Gasteiger partial charge in [-0.15, -0.1) is 0 Å². The highest BCUT2D eigenvalue weighted by Gasteiger charge is 2.32. The van der Waals surface area contributed by atoms with Gasteiger partial charge in [-0.1, -0.05) is 48.5 Å². The van der Waals surface area contributed by atoms with E-state index in [1.54, 1.807) is 7.11 Å². The van der Waals surface area contributed by atoms with Gasteiger partial charge in [0.2, 0.25) is 0 Å². The molecule has 43 heavy (non-hydrogen) atoms. The lowest BCUT2D eigenvalue weighted by Gasteiger charge is -2.32. The molecule has 7 heteroatoms. The molecule has 1 saturated carbocycles. The zero-order valence-electron chi connectivity index (χ0n) is 25.0. The quantitative estimate of drug-likeness (QED) is 0.180. The number of benzene rings is 3. The summed E-state index contributed by atoms with van der Waals surface area (Å²) in [7, 11) is 1.74. The van der Waals surface area contributed by atoms with Crippen LogP contribution in [-0.4, -0.2) is 64.2 Å². The monoisotopic (exact) mass is 582 g/mol. The van der Waals surface area contributed by atoms with Crippen molar-refractivity contribution in [1.82, 2.24) is 0 Å². The molecule has 0 spiro atoms. The summed E-state index contributed by atoms with van der Waals surface area (Å²) in [6, 6.07) is 24.4. The molecule has 3 aromatic rings. The summed E-state index contributed by atoms with van der Waals surface area (Å²) in [5, 5.41) is 0. The van der Waals surface area contributed by atoms with E-state index in [2.05, 4.69) is 40.2 Å². The van der Waals surface area contributed by atoms with Gasteiger partial charge in [0.15, 0.2) is 5.78 Å². The first-order chi connectivity index (χ1) is 21.2. The molecule has 226 valence electrons. The van der Waals surface area contributed by atoms with Crippen molar-refractivity contribution in [3.63, 3.8) is 0 Å². The van der Waals surface area contributed by atoms with Crippen LogP contribution in [0.5, 0.6) is 11.5 Å². The van der Waals surface area contributed by atoms with Gasteiger partial charge in [0.05, 0.1) is 37.6 Å². The SMILES string of the molecule is COCCCN1CCOc2ccc(CO[C@H]3CN=CC[C@@H]3c3ccc(C(=O)C4CCC(Oc5ccccc5)C4)cc3)cc21. The Morgan fingerprint density at radius 3 is 2.74 bits per heavy atom. The van der Waals surface area contributed by atoms with Crippen LogP contribution in [-0.2, 0) is 16.1 Å². The minimum atomic E-state index is -0.0256. The zero-order valence-corrected chi connectivity index (χ0v) is 25.0. The third-order valence-electron chi connectivity index (χ3n) is 8.87. The van der Waals surface area contributed by atoms with Crippen LogP contribution in [0, 0.1) is 5.92 Å². The number of carbonyl (C=O) groups excluding carboxylic acids is 1. The number of para-hydroxylation sites is 1. The summed E-state index contributed by atoms with van der Waals surface area (Å²) in [5.74, 6) is 2.23. The number of methoxy groups -OCH3 is 1. The van der Waals surface area contributed by atoms with E-state index in [1.807, 2.05) is 48.7 Å². The molecule has 1 fully saturated rings. The van der Waals surface area contributed by atoms with Gasteiger partial charge < -0.3 is 23.8 Å². The Morgan fingerprint density at radius 2 is 1.91 bits per heavy atom. The molecule has 7 nitrogen and oxygen atoms in total. The van der Waals surface area contributed by atoms with Crippen LogP contribution in [0.4, 0.5) is 5.69 Å². The molecule has 1 aliphatic carbocycles. The number of ether oxygens (including phenoxy) is 4. The standard InChI is InChI=1S/C36H42N2O5/c1-40-20-5-18-38-19-21-41-34-15-8-26(22-33(34)38)25-42-35-24-37-17-16-32(35)27-9-11-28(12-10-27)36(39)29-13-14-31(23-29)43-30-6-3-2-4-7-30/h2-4,6-12,15,17,22,29,31-32,35H,5,13-14,16,18-21,23-25H2,1H3/t29?,31?,32-,35+/m1/s1. The molecular formula is C36H42N2O5. The van der Waals surface area contributed by atoms with Crippen molar-refractivity contribution in [3.8, 4) is 11.5 Å². The summed E-state index contributed by atoms with van der Waals surface area (Å²) in [6.45, 7) is 4.41. The molecular weight excluding hydrogens is 540 g/mol. The van der Waals surface area contributed by atoms with Gasteiger partial charge in [0.25, 0.3) is 0 Å². The van der Waals surface area contributed by atoms with Gasteiger partial charge in [-0.05, 0) is 73.7 Å². The minimum absolute atomic E-state index is 0.00961. The number of anilines is 1. The van der Waals surface area contributed by atoms with Crippen LogP contribution in [0.3, 0.4) is 0 Å². The van der Waals surface area contributed by atoms with Crippen LogP contribution < -0.4 is 14.4 Å². The second-order valence-electron chi connectivity index (χ2n) is 11.8. The molecule has 0 saturated heterocycles. The second-order valence-corrected chi connectivity index (χ2v) is 11.8. The van der Waals surface area contributed by atoms with Crippen LogP contribution in [0.2, 0.25) is 0 Å². The van der Waals surface area contributed by atoms with Gasteiger partial charge >= 0.3 is 0 Å². The summed E-state index contributed by atoms with van der Waals surface area (Å²) in [5.41, 5.74) is 4.22. The molecule has 2 heterocycles. The third-order valence-corrected chi connectivity index (χ3v) is 8.87. The fourth-order valence-corrected chi connectivity index (χ4v) is 6.52. The van der Waals surface area contributed by atoms with Gasteiger partial charge in [0, 0.05) is 37.7 Å². The molecule has 4 atom stereocenters. The number of carbonyl (C=O) groups is 1. The smallest absolute Gasteiger partial charge is 0.166 e. The Morgan fingerprint density at radius 1 is 1.05 bits per heavy atom. The van der Waals surface area contributed by atoms with E-state index >= 15 is 0 Å². The Hall–Kier alpha value is -3.68. The number of nitrogens with zero attached hydrogens (tertiary/aromatic N) is 2. The van der Waals surface area contributed by atoms with Crippen molar-refractivity contribution in [1.29, 1.82) is 0 Å². The van der Waals surface area contributed by atoms with Crippen molar-refractivity contribution in [3.05, 3.63) is 89.5 Å². The molecule has 3 aliphatic rings. The van der Waals surface area contributed by atoms with Crippen LogP contribution in [0.1, 0.15) is 59.5 Å². The van der Waals surface area contributed by atoms with Gasteiger partial charge in [-0.2, -0.15) is 0 Å². The molecule has 2 aliphatic heterocycles. The van der Waals surface area contributed by atoms with E-state index in [0.717, 1.165) is 80.1 Å². The third kappa shape index (κ3) is 7.28. The van der Waals surface area contributed by atoms with E-state index in [9.17, 15) is 4.79 Å². The van der Waals surface area contributed by atoms with Crippen molar-refractivity contribution >= 4 is 17.7 Å². The lowest BCUT2D eigenvalue weighted by molar-refractivity contribution is 0.0272. The highest BCUT2D eigenvalue weighted by molar-refractivity contribution is 5.98. The molecule has 0 aromatic heterocycles. The number of aliphatic imine (C=N–C) groups is 1. The fraction of sp³-hybridized carbons (Fsp3) is 0.444. The van der Waals surface area contributed by atoms with Gasteiger partial charge in [-0.25, -0.2) is 0 Å². The second kappa shape index (κ2) is 14.2. The highest BCUT2D eigenvalue weighted by Crippen LogP contribution is 2.35. The normalized spacial score (nSPS) is 23.0. The molecule has 0 radical (unpaired) electrons. The first kappa shape index (κ1) is 29.4. The minimum Gasteiger partial charge on any atom is -0.490 e. The Labute approximate surface area is 254 Å². The van der Waals surface area contributed by atoms with Crippen molar-refractivity contribution in [2.75, 3.05) is 44.9 Å². The molecule has 0 N–H and O–H groups in total. The number of hydrogen-bond donors (Lipinski definition) is 0. The number of rotatable bonds is 12. The first-order valence-electron chi connectivity index (χ1n) is 15.6. The Balaban J connectivity index is 1.06. The first-order valence-corrected chi connectivity index (χ1v) is 15.6. The van der Waals surface area contributed by atoms with E-state index in [0.29, 0.717) is 19.8 Å². The number of hydrogen-bond acceptors (Lipinski definition) is 7. The Kier molecular flexibility index (Phi) is 9.70. The van der Waals surface area contributed by atoms with E-state index in [-0.39, 0.29) is 29.8 Å². The largest absolute Gasteiger partial charge is 0.490 e. The molecule has 3 aromatic carbocycles. The maximum atomic E-state index is 13.3. The van der Waals surface area contributed by atoms with E-state index < -0.39 is 0 Å². The molecule has 6 rings (SSSR count). The summed E-state index contributed by atoms with van der Waals surface area (Å²) in [4.78, 5) is 20.3. The van der Waals surface area contributed by atoms with Crippen LogP contribution in [0.25, 0.3) is 0 Å². The van der Waals surface area contributed by atoms with E-state index in [1.165, 1.54) is 5.56 Å². The average Bonchev–Trinajstić information content (AvgIpc) is 3.53. The summed E-state index contributed by atoms with van der Waals surface area (Å²) < 4.78 is 23.8. The molecule has 0 bridgehead atoms.